The van der Waals surface area contributed by atoms with Gasteiger partial charge in [-0.2, -0.15) is 0 Å². The Labute approximate surface area is 112 Å². The minimum Gasteiger partial charge on any atom is -0.481 e. The highest BCUT2D eigenvalue weighted by molar-refractivity contribution is 5.96. The molecule has 1 aromatic rings. The molecule has 0 aromatic carbocycles. The molecule has 1 aromatic heterocycles. The van der Waals surface area contributed by atoms with Crippen LogP contribution in [0.15, 0.2) is 16.5 Å². The molecule has 1 heterocycles. The van der Waals surface area contributed by atoms with Gasteiger partial charge < -0.3 is 14.4 Å². The van der Waals surface area contributed by atoms with Crippen LogP contribution in [0.1, 0.15) is 37.7 Å². The molecule has 0 spiro atoms. The van der Waals surface area contributed by atoms with E-state index in [2.05, 4.69) is 6.92 Å². The Morgan fingerprint density at radius 3 is 2.68 bits per heavy atom. The average molecular weight is 265 g/mol. The van der Waals surface area contributed by atoms with Crippen LogP contribution in [0.5, 0.6) is 0 Å². The molecular formula is C14H19NO4. The molecule has 0 aliphatic heterocycles. The van der Waals surface area contributed by atoms with Gasteiger partial charge in [-0.05, 0) is 31.4 Å². The molecule has 0 bridgehead atoms. The van der Waals surface area contributed by atoms with Gasteiger partial charge in [0.15, 0.2) is 0 Å². The highest BCUT2D eigenvalue weighted by Gasteiger charge is 2.36. The van der Waals surface area contributed by atoms with Gasteiger partial charge in [0.2, 0.25) is 5.91 Å². The number of hydrogen-bond donors (Lipinski definition) is 1. The molecule has 1 aliphatic carbocycles. The molecule has 2 rings (SSSR count). The van der Waals surface area contributed by atoms with Crippen molar-refractivity contribution in [2.45, 2.75) is 32.7 Å². The first-order valence-corrected chi connectivity index (χ1v) is 6.46. The summed E-state index contributed by atoms with van der Waals surface area (Å²) < 4.78 is 5.70. The number of rotatable bonds is 5. The second-order valence-electron chi connectivity index (χ2n) is 5.38. The summed E-state index contributed by atoms with van der Waals surface area (Å²) in [5.74, 6) is 0.298. The van der Waals surface area contributed by atoms with Crippen molar-refractivity contribution in [1.82, 2.24) is 4.90 Å². The maximum absolute atomic E-state index is 11.8. The minimum atomic E-state index is -1.11. The van der Waals surface area contributed by atoms with Crippen LogP contribution in [0.2, 0.25) is 0 Å². The van der Waals surface area contributed by atoms with Crippen molar-refractivity contribution in [2.24, 2.45) is 11.8 Å². The number of nitrogens with zero attached hydrogens (tertiary/aromatic N) is 1. The molecule has 1 N–H and O–H groups in total. The van der Waals surface area contributed by atoms with Crippen LogP contribution in [0.4, 0.5) is 0 Å². The number of carbonyl (C=O) groups excluding carboxylic acids is 1. The maximum atomic E-state index is 11.8. The van der Waals surface area contributed by atoms with E-state index in [0.717, 1.165) is 12.2 Å². The number of aliphatic carboxylic acids is 1. The summed E-state index contributed by atoms with van der Waals surface area (Å²) in [6, 6.07) is 3.80. The predicted molar refractivity (Wildman–Crippen MR) is 68.5 cm³/mol. The van der Waals surface area contributed by atoms with Crippen LogP contribution in [-0.2, 0) is 16.1 Å². The SMILES string of the molecule is CC(C(=O)O)C(=O)N(C)Cc1ccc(C2CC2C)o1. The minimum absolute atomic E-state index is 0.303. The van der Waals surface area contributed by atoms with E-state index in [9.17, 15) is 9.59 Å². The van der Waals surface area contributed by atoms with E-state index in [0.29, 0.717) is 24.1 Å². The molecule has 5 nitrogen and oxygen atoms in total. The monoisotopic (exact) mass is 265 g/mol. The molecule has 19 heavy (non-hydrogen) atoms. The highest BCUT2D eigenvalue weighted by Crippen LogP contribution is 2.47. The summed E-state index contributed by atoms with van der Waals surface area (Å²) in [6.07, 6.45) is 1.15. The van der Waals surface area contributed by atoms with Gasteiger partial charge in [0.25, 0.3) is 0 Å². The summed E-state index contributed by atoms with van der Waals surface area (Å²) >= 11 is 0. The Kier molecular flexibility index (Phi) is 3.64. The Morgan fingerprint density at radius 1 is 1.53 bits per heavy atom. The third-order valence-corrected chi connectivity index (χ3v) is 3.67. The standard InChI is InChI=1S/C14H19NO4/c1-8-6-11(8)12-5-4-10(19-12)7-15(3)13(16)9(2)14(17)18/h4-5,8-9,11H,6-7H2,1-3H3,(H,17,18). The highest BCUT2D eigenvalue weighted by atomic mass is 16.4. The van der Waals surface area contributed by atoms with Gasteiger partial charge in [0, 0.05) is 13.0 Å². The first kappa shape index (κ1) is 13.6. The Hall–Kier alpha value is -1.78. The second-order valence-corrected chi connectivity index (χ2v) is 5.38. The molecule has 1 saturated carbocycles. The zero-order valence-corrected chi connectivity index (χ0v) is 11.4. The molecule has 1 aliphatic rings. The Balaban J connectivity index is 1.95. The quantitative estimate of drug-likeness (QED) is 0.827. The van der Waals surface area contributed by atoms with Crippen LogP contribution in [0.3, 0.4) is 0 Å². The van der Waals surface area contributed by atoms with Crippen LogP contribution in [0, 0.1) is 11.8 Å². The third-order valence-electron chi connectivity index (χ3n) is 3.67. The van der Waals surface area contributed by atoms with Crippen LogP contribution in [0.25, 0.3) is 0 Å². The van der Waals surface area contributed by atoms with Gasteiger partial charge in [-0.1, -0.05) is 6.92 Å². The second kappa shape index (κ2) is 5.07. The van der Waals surface area contributed by atoms with E-state index in [-0.39, 0.29) is 0 Å². The summed E-state index contributed by atoms with van der Waals surface area (Å²) in [7, 11) is 1.59. The van der Waals surface area contributed by atoms with Crippen molar-refractivity contribution >= 4 is 11.9 Å². The molecule has 5 heteroatoms. The fourth-order valence-corrected chi connectivity index (χ4v) is 2.15. The van der Waals surface area contributed by atoms with Gasteiger partial charge in [0.05, 0.1) is 6.54 Å². The molecule has 0 saturated heterocycles. The lowest BCUT2D eigenvalue weighted by atomic mass is 10.1. The zero-order valence-electron chi connectivity index (χ0n) is 11.4. The normalized spacial score (nSPS) is 22.9. The van der Waals surface area contributed by atoms with Gasteiger partial charge >= 0.3 is 5.97 Å². The van der Waals surface area contributed by atoms with E-state index in [1.807, 2.05) is 12.1 Å². The summed E-state index contributed by atoms with van der Waals surface area (Å²) in [5, 5.41) is 8.81. The van der Waals surface area contributed by atoms with Crippen molar-refractivity contribution < 1.29 is 19.1 Å². The van der Waals surface area contributed by atoms with Gasteiger partial charge in [-0.25, -0.2) is 0 Å². The van der Waals surface area contributed by atoms with Crippen molar-refractivity contribution in [1.29, 1.82) is 0 Å². The number of furan rings is 1. The predicted octanol–water partition coefficient (Wildman–Crippen LogP) is 2.08. The maximum Gasteiger partial charge on any atom is 0.315 e. The van der Waals surface area contributed by atoms with E-state index in [1.54, 1.807) is 7.05 Å². The smallest absolute Gasteiger partial charge is 0.315 e. The number of carboxylic acid groups (broad SMARTS) is 1. The molecule has 1 fully saturated rings. The van der Waals surface area contributed by atoms with E-state index < -0.39 is 17.8 Å². The number of carbonyl (C=O) groups is 2. The third kappa shape index (κ3) is 2.97. The van der Waals surface area contributed by atoms with Gasteiger partial charge in [0.1, 0.15) is 17.4 Å². The molecule has 3 atom stereocenters. The largest absolute Gasteiger partial charge is 0.481 e. The van der Waals surface area contributed by atoms with Crippen molar-refractivity contribution in [2.75, 3.05) is 7.05 Å². The summed E-state index contributed by atoms with van der Waals surface area (Å²) in [6.45, 7) is 3.87. The summed E-state index contributed by atoms with van der Waals surface area (Å²) in [4.78, 5) is 23.9. The molecule has 0 radical (unpaired) electrons. The lowest BCUT2D eigenvalue weighted by molar-refractivity contribution is -0.150. The van der Waals surface area contributed by atoms with E-state index >= 15 is 0 Å². The lowest BCUT2D eigenvalue weighted by Gasteiger charge is -2.18. The van der Waals surface area contributed by atoms with Crippen LogP contribution < -0.4 is 0 Å². The molecule has 104 valence electrons. The number of amides is 1. The molecule has 3 unspecified atom stereocenters. The molecular weight excluding hydrogens is 246 g/mol. The fraction of sp³-hybridized carbons (Fsp3) is 0.571. The Bertz CT molecular complexity index is 493. The first-order chi connectivity index (χ1) is 8.90. The van der Waals surface area contributed by atoms with Crippen LogP contribution >= 0.6 is 0 Å². The van der Waals surface area contributed by atoms with E-state index in [4.69, 9.17) is 9.52 Å². The van der Waals surface area contributed by atoms with Crippen molar-refractivity contribution in [3.8, 4) is 0 Å². The topological polar surface area (TPSA) is 70.8 Å². The van der Waals surface area contributed by atoms with Crippen molar-refractivity contribution in [3.05, 3.63) is 23.7 Å². The zero-order chi connectivity index (χ0) is 14.2. The fourth-order valence-electron chi connectivity index (χ4n) is 2.15. The van der Waals surface area contributed by atoms with Crippen molar-refractivity contribution in [3.63, 3.8) is 0 Å². The number of carboxylic acids is 1. The van der Waals surface area contributed by atoms with Gasteiger partial charge in [-0.3, -0.25) is 9.59 Å². The molecule has 1 amide bonds. The number of hydrogen-bond acceptors (Lipinski definition) is 3. The Morgan fingerprint density at radius 2 is 2.16 bits per heavy atom. The van der Waals surface area contributed by atoms with Gasteiger partial charge in [-0.15, -0.1) is 0 Å². The average Bonchev–Trinajstić information content (AvgIpc) is 2.90. The first-order valence-electron chi connectivity index (χ1n) is 6.46. The lowest BCUT2D eigenvalue weighted by Crippen LogP contribution is -2.34. The van der Waals surface area contributed by atoms with Crippen LogP contribution in [-0.4, -0.2) is 28.9 Å². The summed E-state index contributed by atoms with van der Waals surface area (Å²) in [5.41, 5.74) is 0. The van der Waals surface area contributed by atoms with E-state index in [1.165, 1.54) is 11.8 Å².